The molecule has 0 saturated heterocycles. The Morgan fingerprint density at radius 2 is 2.38 bits per heavy atom. The van der Waals surface area contributed by atoms with E-state index in [4.69, 9.17) is 0 Å². The van der Waals surface area contributed by atoms with E-state index in [9.17, 15) is 0 Å². The van der Waals surface area contributed by atoms with E-state index < -0.39 is 0 Å². The van der Waals surface area contributed by atoms with Crippen molar-refractivity contribution in [2.45, 2.75) is 25.4 Å². The minimum absolute atomic E-state index is 0.770. The molecule has 0 radical (unpaired) electrons. The highest BCUT2D eigenvalue weighted by atomic mass is 15.0. The highest BCUT2D eigenvalue weighted by molar-refractivity contribution is 5.36. The van der Waals surface area contributed by atoms with Gasteiger partial charge in [-0.05, 0) is 30.5 Å². The van der Waals surface area contributed by atoms with E-state index in [-0.39, 0.29) is 0 Å². The molecule has 1 aliphatic carbocycles. The monoisotopic (exact) mass is 177 g/mol. The second-order valence-corrected chi connectivity index (χ2v) is 3.45. The second kappa shape index (κ2) is 3.75. The largest absolute Gasteiger partial charge is 0.373 e. The molecule has 0 bridgehead atoms. The maximum atomic E-state index is 4.16. The number of nitrogens with one attached hydrogen (secondary N) is 2. The normalized spacial score (nSPS) is 15.8. The maximum Gasteiger partial charge on any atom is 0.125 e. The zero-order chi connectivity index (χ0) is 9.10. The van der Waals surface area contributed by atoms with Crippen molar-refractivity contribution in [3.8, 4) is 0 Å². The van der Waals surface area contributed by atoms with Gasteiger partial charge in [0.2, 0.25) is 0 Å². The first-order valence-electron chi connectivity index (χ1n) is 4.74. The van der Waals surface area contributed by atoms with Gasteiger partial charge in [0, 0.05) is 25.8 Å². The standard InChI is InChI=1S/C10H15N3/c1-11-10-6-8(4-5-12-10)7-13-9-2-3-9/h4-6,9,13H,2-3,7H2,1H3,(H,11,12). The van der Waals surface area contributed by atoms with Gasteiger partial charge in [-0.3, -0.25) is 0 Å². The summed E-state index contributed by atoms with van der Waals surface area (Å²) in [5, 5.41) is 6.50. The molecule has 1 aromatic rings. The molecular weight excluding hydrogens is 162 g/mol. The van der Waals surface area contributed by atoms with Crippen LogP contribution in [0.15, 0.2) is 18.3 Å². The van der Waals surface area contributed by atoms with Crippen molar-refractivity contribution >= 4 is 5.82 Å². The fourth-order valence-corrected chi connectivity index (χ4v) is 1.27. The summed E-state index contributed by atoms with van der Waals surface area (Å²) >= 11 is 0. The van der Waals surface area contributed by atoms with Gasteiger partial charge in [0.05, 0.1) is 0 Å². The number of aromatic nitrogens is 1. The van der Waals surface area contributed by atoms with Crippen LogP contribution in [0.25, 0.3) is 0 Å². The molecule has 1 fully saturated rings. The summed E-state index contributed by atoms with van der Waals surface area (Å²) in [6, 6.07) is 4.90. The first-order valence-corrected chi connectivity index (χ1v) is 4.74. The Balaban J connectivity index is 1.93. The Kier molecular flexibility index (Phi) is 2.45. The van der Waals surface area contributed by atoms with Gasteiger partial charge < -0.3 is 10.6 Å². The average Bonchev–Trinajstić information content (AvgIpc) is 2.99. The van der Waals surface area contributed by atoms with Gasteiger partial charge in [0.15, 0.2) is 0 Å². The summed E-state index contributed by atoms with van der Waals surface area (Å²) in [7, 11) is 1.89. The quantitative estimate of drug-likeness (QED) is 0.729. The predicted octanol–water partition coefficient (Wildman–Crippen LogP) is 1.38. The molecule has 3 heteroatoms. The average molecular weight is 177 g/mol. The number of hydrogen-bond acceptors (Lipinski definition) is 3. The van der Waals surface area contributed by atoms with Crippen molar-refractivity contribution in [3.05, 3.63) is 23.9 Å². The maximum absolute atomic E-state index is 4.16. The topological polar surface area (TPSA) is 37.0 Å². The predicted molar refractivity (Wildman–Crippen MR) is 53.6 cm³/mol. The van der Waals surface area contributed by atoms with E-state index in [1.165, 1.54) is 18.4 Å². The second-order valence-electron chi connectivity index (χ2n) is 3.45. The molecule has 1 aliphatic rings. The van der Waals surface area contributed by atoms with E-state index in [1.807, 2.05) is 13.2 Å². The van der Waals surface area contributed by atoms with Gasteiger partial charge in [-0.25, -0.2) is 4.98 Å². The Morgan fingerprint density at radius 3 is 3.08 bits per heavy atom. The molecule has 0 aromatic carbocycles. The van der Waals surface area contributed by atoms with Gasteiger partial charge in [-0.1, -0.05) is 0 Å². The molecule has 3 nitrogen and oxygen atoms in total. The van der Waals surface area contributed by atoms with E-state index in [0.717, 1.165) is 18.4 Å². The molecule has 0 spiro atoms. The molecule has 1 saturated carbocycles. The number of rotatable bonds is 4. The van der Waals surface area contributed by atoms with E-state index in [1.54, 1.807) is 0 Å². The van der Waals surface area contributed by atoms with Gasteiger partial charge in [-0.2, -0.15) is 0 Å². The lowest BCUT2D eigenvalue weighted by Gasteiger charge is -2.04. The summed E-state index contributed by atoms with van der Waals surface area (Å²) in [6.07, 6.45) is 4.52. The number of pyridine rings is 1. The third kappa shape index (κ3) is 2.42. The molecule has 0 unspecified atom stereocenters. The fraction of sp³-hybridized carbons (Fsp3) is 0.500. The van der Waals surface area contributed by atoms with Crippen molar-refractivity contribution < 1.29 is 0 Å². The van der Waals surface area contributed by atoms with Crippen molar-refractivity contribution in [1.82, 2.24) is 10.3 Å². The van der Waals surface area contributed by atoms with E-state index in [2.05, 4.69) is 27.8 Å². The van der Waals surface area contributed by atoms with E-state index in [0.29, 0.717) is 0 Å². The Labute approximate surface area is 78.6 Å². The van der Waals surface area contributed by atoms with Crippen LogP contribution >= 0.6 is 0 Å². The molecule has 2 rings (SSSR count). The van der Waals surface area contributed by atoms with Crippen LogP contribution in [0.1, 0.15) is 18.4 Å². The summed E-state index contributed by atoms with van der Waals surface area (Å²) in [5.41, 5.74) is 1.30. The lowest BCUT2D eigenvalue weighted by molar-refractivity contribution is 0.687. The van der Waals surface area contributed by atoms with Crippen molar-refractivity contribution in [2.75, 3.05) is 12.4 Å². The van der Waals surface area contributed by atoms with Crippen molar-refractivity contribution in [1.29, 1.82) is 0 Å². The van der Waals surface area contributed by atoms with Crippen LogP contribution in [-0.2, 0) is 6.54 Å². The summed E-state index contributed by atoms with van der Waals surface area (Å²) in [6.45, 7) is 0.960. The number of nitrogens with zero attached hydrogens (tertiary/aromatic N) is 1. The Morgan fingerprint density at radius 1 is 1.54 bits per heavy atom. The molecule has 1 aromatic heterocycles. The SMILES string of the molecule is CNc1cc(CNC2CC2)ccn1. The molecule has 13 heavy (non-hydrogen) atoms. The van der Waals surface area contributed by atoms with Crippen LogP contribution in [0.5, 0.6) is 0 Å². The minimum atomic E-state index is 0.770. The van der Waals surface area contributed by atoms with Gasteiger partial charge in [0.25, 0.3) is 0 Å². The summed E-state index contributed by atoms with van der Waals surface area (Å²) in [5.74, 6) is 0.940. The van der Waals surface area contributed by atoms with Crippen LogP contribution in [0.3, 0.4) is 0 Å². The Bertz CT molecular complexity index is 281. The lowest BCUT2D eigenvalue weighted by atomic mass is 10.2. The third-order valence-corrected chi connectivity index (χ3v) is 2.25. The molecular formula is C10H15N3. The minimum Gasteiger partial charge on any atom is -0.373 e. The van der Waals surface area contributed by atoms with Crippen molar-refractivity contribution in [3.63, 3.8) is 0 Å². The van der Waals surface area contributed by atoms with Crippen LogP contribution in [0, 0.1) is 0 Å². The first kappa shape index (κ1) is 8.51. The van der Waals surface area contributed by atoms with Gasteiger partial charge >= 0.3 is 0 Å². The van der Waals surface area contributed by atoms with Crippen LogP contribution < -0.4 is 10.6 Å². The van der Waals surface area contributed by atoms with Gasteiger partial charge in [-0.15, -0.1) is 0 Å². The zero-order valence-electron chi connectivity index (χ0n) is 7.88. The molecule has 0 atom stereocenters. The third-order valence-electron chi connectivity index (χ3n) is 2.25. The van der Waals surface area contributed by atoms with Crippen LogP contribution in [0.4, 0.5) is 5.82 Å². The van der Waals surface area contributed by atoms with Crippen LogP contribution in [0.2, 0.25) is 0 Å². The van der Waals surface area contributed by atoms with E-state index >= 15 is 0 Å². The number of hydrogen-bond donors (Lipinski definition) is 2. The Hall–Kier alpha value is -1.09. The molecule has 0 aliphatic heterocycles. The summed E-state index contributed by atoms with van der Waals surface area (Å²) < 4.78 is 0. The number of anilines is 1. The highest BCUT2D eigenvalue weighted by Gasteiger charge is 2.19. The zero-order valence-corrected chi connectivity index (χ0v) is 7.88. The van der Waals surface area contributed by atoms with Crippen molar-refractivity contribution in [2.24, 2.45) is 0 Å². The molecule has 1 heterocycles. The van der Waals surface area contributed by atoms with Crippen LogP contribution in [-0.4, -0.2) is 18.1 Å². The smallest absolute Gasteiger partial charge is 0.125 e. The van der Waals surface area contributed by atoms with Gasteiger partial charge in [0.1, 0.15) is 5.82 Å². The molecule has 2 N–H and O–H groups in total. The molecule has 0 amide bonds. The lowest BCUT2D eigenvalue weighted by Crippen LogP contribution is -2.15. The fourth-order valence-electron chi connectivity index (χ4n) is 1.27. The summed E-state index contributed by atoms with van der Waals surface area (Å²) in [4.78, 5) is 4.16. The molecule has 70 valence electrons. The first-order chi connectivity index (χ1) is 6.38. The highest BCUT2D eigenvalue weighted by Crippen LogP contribution is 2.19.